The van der Waals surface area contributed by atoms with Crippen molar-refractivity contribution < 1.29 is 9.47 Å². The highest BCUT2D eigenvalue weighted by Gasteiger charge is 2.13. The second-order valence-electron chi connectivity index (χ2n) is 5.88. The normalized spacial score (nSPS) is 10.6. The summed E-state index contributed by atoms with van der Waals surface area (Å²) in [5.74, 6) is 3.46. The molecule has 0 aliphatic heterocycles. The molecule has 1 heterocycles. The molecule has 0 aliphatic rings. The number of aromatic nitrogens is 3. The number of hydrogen-bond donors (Lipinski definition) is 0. The van der Waals surface area contributed by atoms with E-state index in [4.69, 9.17) is 9.47 Å². The standard InChI is InChI=1S/C21H23N3O2S/c1-4-14-24-20(17-7-11-19(26-3)12-8-17)22-23-21(24)27-15-13-16-5-9-18(25-2)10-6-16/h4-12H,1,13-15H2,2-3H3. The maximum atomic E-state index is 5.23. The van der Waals surface area contributed by atoms with Crippen LogP contribution in [0.5, 0.6) is 11.5 Å². The Labute approximate surface area is 164 Å². The summed E-state index contributed by atoms with van der Waals surface area (Å²) in [4.78, 5) is 0. The SMILES string of the molecule is C=CCn1c(SCCc2ccc(OC)cc2)nnc1-c1ccc(OC)cc1. The van der Waals surface area contributed by atoms with Crippen LogP contribution in [-0.2, 0) is 13.0 Å². The molecule has 140 valence electrons. The van der Waals surface area contributed by atoms with Gasteiger partial charge in [0.2, 0.25) is 0 Å². The molecule has 5 nitrogen and oxygen atoms in total. The van der Waals surface area contributed by atoms with E-state index < -0.39 is 0 Å². The molecule has 0 amide bonds. The Morgan fingerprint density at radius 1 is 0.963 bits per heavy atom. The zero-order valence-electron chi connectivity index (χ0n) is 15.6. The molecule has 0 fully saturated rings. The molecule has 3 aromatic rings. The Morgan fingerprint density at radius 3 is 2.19 bits per heavy atom. The second kappa shape index (κ2) is 9.28. The number of aryl methyl sites for hydroxylation is 1. The molecule has 0 atom stereocenters. The first kappa shape index (κ1) is 19.0. The summed E-state index contributed by atoms with van der Waals surface area (Å²) in [6.07, 6.45) is 2.82. The average molecular weight is 382 g/mol. The van der Waals surface area contributed by atoms with E-state index >= 15 is 0 Å². The molecule has 0 N–H and O–H groups in total. The third kappa shape index (κ3) is 4.71. The predicted octanol–water partition coefficient (Wildman–Crippen LogP) is 4.48. The van der Waals surface area contributed by atoms with Gasteiger partial charge in [-0.25, -0.2) is 0 Å². The Hall–Kier alpha value is -2.73. The molecule has 0 unspecified atom stereocenters. The van der Waals surface area contributed by atoms with Gasteiger partial charge in [0.15, 0.2) is 11.0 Å². The van der Waals surface area contributed by atoms with Gasteiger partial charge in [0.25, 0.3) is 0 Å². The van der Waals surface area contributed by atoms with E-state index in [1.54, 1.807) is 26.0 Å². The van der Waals surface area contributed by atoms with Gasteiger partial charge in [-0.3, -0.25) is 4.57 Å². The number of methoxy groups -OCH3 is 2. The van der Waals surface area contributed by atoms with Crippen LogP contribution < -0.4 is 9.47 Å². The Bertz CT molecular complexity index is 873. The smallest absolute Gasteiger partial charge is 0.191 e. The molecule has 1 aromatic heterocycles. The quantitative estimate of drug-likeness (QED) is 0.404. The summed E-state index contributed by atoms with van der Waals surface area (Å²) >= 11 is 1.70. The number of thioether (sulfide) groups is 1. The topological polar surface area (TPSA) is 49.2 Å². The molecule has 6 heteroatoms. The van der Waals surface area contributed by atoms with E-state index in [1.807, 2.05) is 42.5 Å². The van der Waals surface area contributed by atoms with Gasteiger partial charge in [0.1, 0.15) is 11.5 Å². The minimum absolute atomic E-state index is 0.666. The van der Waals surface area contributed by atoms with E-state index in [1.165, 1.54) is 5.56 Å². The lowest BCUT2D eigenvalue weighted by Gasteiger charge is -2.08. The molecule has 0 saturated carbocycles. The second-order valence-corrected chi connectivity index (χ2v) is 6.94. The highest BCUT2D eigenvalue weighted by Crippen LogP contribution is 2.26. The summed E-state index contributed by atoms with van der Waals surface area (Å²) in [5, 5.41) is 9.68. The van der Waals surface area contributed by atoms with Crippen molar-refractivity contribution in [3.63, 3.8) is 0 Å². The van der Waals surface area contributed by atoms with Crippen LogP contribution in [0.3, 0.4) is 0 Å². The molecule has 0 bridgehead atoms. The van der Waals surface area contributed by atoms with Gasteiger partial charge < -0.3 is 9.47 Å². The van der Waals surface area contributed by atoms with E-state index in [2.05, 4.69) is 33.5 Å². The molecule has 0 radical (unpaired) electrons. The number of nitrogens with zero attached hydrogens (tertiary/aromatic N) is 3. The van der Waals surface area contributed by atoms with Crippen molar-refractivity contribution >= 4 is 11.8 Å². The summed E-state index contributed by atoms with van der Waals surface area (Å²) in [5.41, 5.74) is 2.28. The fourth-order valence-electron chi connectivity index (χ4n) is 2.70. The highest BCUT2D eigenvalue weighted by atomic mass is 32.2. The summed E-state index contributed by atoms with van der Waals surface area (Å²) in [6, 6.07) is 16.0. The maximum Gasteiger partial charge on any atom is 0.191 e. The zero-order chi connectivity index (χ0) is 19.1. The van der Waals surface area contributed by atoms with Crippen LogP contribution in [0.2, 0.25) is 0 Å². The van der Waals surface area contributed by atoms with Gasteiger partial charge in [-0.15, -0.1) is 16.8 Å². The third-order valence-electron chi connectivity index (χ3n) is 4.16. The zero-order valence-corrected chi connectivity index (χ0v) is 16.4. The molecule has 0 spiro atoms. The van der Waals surface area contributed by atoms with Crippen molar-refractivity contribution in [1.82, 2.24) is 14.8 Å². The van der Waals surface area contributed by atoms with E-state index in [9.17, 15) is 0 Å². The van der Waals surface area contributed by atoms with E-state index in [0.29, 0.717) is 6.54 Å². The lowest BCUT2D eigenvalue weighted by atomic mass is 10.2. The van der Waals surface area contributed by atoms with Crippen LogP contribution in [0.1, 0.15) is 5.56 Å². The Morgan fingerprint density at radius 2 is 1.59 bits per heavy atom. The van der Waals surface area contributed by atoms with Crippen molar-refractivity contribution in [2.45, 2.75) is 18.1 Å². The van der Waals surface area contributed by atoms with Gasteiger partial charge >= 0.3 is 0 Å². The summed E-state index contributed by atoms with van der Waals surface area (Å²) in [6.45, 7) is 4.53. The van der Waals surface area contributed by atoms with Gasteiger partial charge in [0, 0.05) is 17.9 Å². The van der Waals surface area contributed by atoms with Crippen molar-refractivity contribution in [3.8, 4) is 22.9 Å². The van der Waals surface area contributed by atoms with Crippen LogP contribution in [-0.4, -0.2) is 34.7 Å². The van der Waals surface area contributed by atoms with E-state index in [-0.39, 0.29) is 0 Å². The largest absolute Gasteiger partial charge is 0.497 e. The van der Waals surface area contributed by atoms with Crippen molar-refractivity contribution in [3.05, 3.63) is 66.7 Å². The first-order valence-corrected chi connectivity index (χ1v) is 9.68. The first-order chi connectivity index (χ1) is 13.2. The number of hydrogen-bond acceptors (Lipinski definition) is 5. The maximum absolute atomic E-state index is 5.23. The molecule has 2 aromatic carbocycles. The molecule has 0 saturated heterocycles. The molecule has 0 aliphatic carbocycles. The Kier molecular flexibility index (Phi) is 6.54. The summed E-state index contributed by atoms with van der Waals surface area (Å²) in [7, 11) is 3.34. The monoisotopic (exact) mass is 381 g/mol. The van der Waals surface area contributed by atoms with Crippen molar-refractivity contribution in [1.29, 1.82) is 0 Å². The first-order valence-electron chi connectivity index (χ1n) is 8.69. The minimum atomic E-state index is 0.666. The molecular formula is C21H23N3O2S. The number of benzene rings is 2. The van der Waals surface area contributed by atoms with Crippen LogP contribution in [0.15, 0.2) is 66.3 Å². The number of rotatable bonds is 9. The number of allylic oxidation sites excluding steroid dienone is 1. The lowest BCUT2D eigenvalue weighted by molar-refractivity contribution is 0.414. The molecule has 27 heavy (non-hydrogen) atoms. The van der Waals surface area contributed by atoms with Crippen LogP contribution in [0.25, 0.3) is 11.4 Å². The van der Waals surface area contributed by atoms with Gasteiger partial charge in [-0.1, -0.05) is 30.0 Å². The highest BCUT2D eigenvalue weighted by molar-refractivity contribution is 7.99. The van der Waals surface area contributed by atoms with E-state index in [0.717, 1.165) is 40.2 Å². The van der Waals surface area contributed by atoms with Gasteiger partial charge in [0.05, 0.1) is 14.2 Å². The fourth-order valence-corrected chi connectivity index (χ4v) is 3.63. The molecule has 3 rings (SSSR count). The van der Waals surface area contributed by atoms with Crippen molar-refractivity contribution in [2.24, 2.45) is 0 Å². The van der Waals surface area contributed by atoms with Crippen LogP contribution in [0, 0.1) is 0 Å². The lowest BCUT2D eigenvalue weighted by Crippen LogP contribution is -2.01. The fraction of sp³-hybridized carbons (Fsp3) is 0.238. The third-order valence-corrected chi connectivity index (χ3v) is 5.13. The van der Waals surface area contributed by atoms with Crippen LogP contribution >= 0.6 is 11.8 Å². The van der Waals surface area contributed by atoms with Gasteiger partial charge in [-0.05, 0) is 48.4 Å². The average Bonchev–Trinajstić information content (AvgIpc) is 3.11. The minimum Gasteiger partial charge on any atom is -0.497 e. The Balaban J connectivity index is 1.70. The van der Waals surface area contributed by atoms with Crippen molar-refractivity contribution in [2.75, 3.05) is 20.0 Å². The summed E-state index contributed by atoms with van der Waals surface area (Å²) < 4.78 is 12.5. The molecular weight excluding hydrogens is 358 g/mol. The van der Waals surface area contributed by atoms with Gasteiger partial charge in [-0.2, -0.15) is 0 Å². The predicted molar refractivity (Wildman–Crippen MR) is 110 cm³/mol. The van der Waals surface area contributed by atoms with Crippen LogP contribution in [0.4, 0.5) is 0 Å². The number of ether oxygens (including phenoxy) is 2.